The van der Waals surface area contributed by atoms with Crippen LogP contribution in [-0.4, -0.2) is 15.0 Å². The third-order valence-electron chi connectivity index (χ3n) is 11.9. The van der Waals surface area contributed by atoms with Crippen molar-refractivity contribution in [1.82, 2.24) is 15.0 Å². The van der Waals surface area contributed by atoms with E-state index in [9.17, 15) is 0 Å². The van der Waals surface area contributed by atoms with Crippen LogP contribution in [0.2, 0.25) is 0 Å². The van der Waals surface area contributed by atoms with Gasteiger partial charge in [0.05, 0.1) is 11.4 Å². The Kier molecular flexibility index (Phi) is 8.65. The maximum absolute atomic E-state index is 6.77. The zero-order valence-corrected chi connectivity index (χ0v) is 34.2. The van der Waals surface area contributed by atoms with Gasteiger partial charge in [0, 0.05) is 65.6 Å². The highest BCUT2D eigenvalue weighted by Gasteiger charge is 2.20. The highest BCUT2D eigenvalue weighted by atomic mass is 32.1. The maximum atomic E-state index is 6.77. The third-order valence-corrected chi connectivity index (χ3v) is 13.0. The number of nitrogens with zero attached hydrogens (tertiary/aromatic N) is 3. The topological polar surface area (TPSA) is 51.8 Å². The lowest BCUT2D eigenvalue weighted by molar-refractivity contribution is 0.670. The molecule has 12 rings (SSSR count). The second-order valence-corrected chi connectivity index (χ2v) is 16.6. The van der Waals surface area contributed by atoms with Crippen LogP contribution in [0.1, 0.15) is 0 Å². The number of rotatable bonds is 7. The summed E-state index contributed by atoms with van der Waals surface area (Å²) in [5.41, 5.74) is 15.5. The van der Waals surface area contributed by atoms with Crippen molar-refractivity contribution in [2.45, 2.75) is 0 Å². The quantitative estimate of drug-likeness (QED) is 0.161. The van der Waals surface area contributed by atoms with Crippen molar-refractivity contribution in [2.24, 2.45) is 0 Å². The number of furan rings is 1. The number of para-hydroxylation sites is 1. The highest BCUT2D eigenvalue weighted by molar-refractivity contribution is 7.25. The van der Waals surface area contributed by atoms with Crippen molar-refractivity contribution in [1.29, 1.82) is 0 Å². The monoisotopic (exact) mass is 809 g/mol. The fourth-order valence-corrected chi connectivity index (χ4v) is 9.91. The summed E-state index contributed by atoms with van der Waals surface area (Å²) in [5, 5.41) is 4.82. The van der Waals surface area contributed by atoms with Crippen LogP contribution in [0.25, 0.3) is 121 Å². The van der Waals surface area contributed by atoms with Crippen LogP contribution in [0.5, 0.6) is 0 Å². The van der Waals surface area contributed by atoms with Gasteiger partial charge in [-0.2, -0.15) is 0 Å². The molecule has 4 heterocycles. The molecular weight excluding hydrogens is 775 g/mol. The minimum atomic E-state index is 0.678. The Bertz CT molecular complexity index is 3590. The molecule has 0 atom stereocenters. The standard InChI is InChI=1S/C57H35N3OS/c1-2-10-40(11-3-1)49-34-50(60-57(59-49)42-29-23-37(24-30-42)36-19-21-38(22-20-36)43-12-9-33-58-35-43)41-27-25-39(26-28-41)44-31-32-46(55-47-13-4-6-16-51(47)61-56(44)55)45-15-8-18-53-54(45)48-14-5-7-17-52(48)62-53/h1-35H. The van der Waals surface area contributed by atoms with Crippen LogP contribution < -0.4 is 0 Å². The second kappa shape index (κ2) is 14.9. The molecular formula is C57H35N3OS. The Morgan fingerprint density at radius 2 is 0.935 bits per heavy atom. The lowest BCUT2D eigenvalue weighted by atomic mass is 9.92. The number of aromatic nitrogens is 3. The highest BCUT2D eigenvalue weighted by Crippen LogP contribution is 2.46. The molecule has 0 radical (unpaired) electrons. The van der Waals surface area contributed by atoms with Crippen molar-refractivity contribution in [3.05, 3.63) is 213 Å². The van der Waals surface area contributed by atoms with Crippen LogP contribution in [0, 0.1) is 0 Å². The molecule has 290 valence electrons. The largest absolute Gasteiger partial charge is 0.455 e. The number of hydrogen-bond donors (Lipinski definition) is 0. The van der Waals surface area contributed by atoms with Gasteiger partial charge in [0.1, 0.15) is 11.2 Å². The molecule has 0 N–H and O–H groups in total. The van der Waals surface area contributed by atoms with Crippen LogP contribution in [0.15, 0.2) is 217 Å². The van der Waals surface area contributed by atoms with E-state index in [-0.39, 0.29) is 0 Å². The summed E-state index contributed by atoms with van der Waals surface area (Å²) in [5.74, 6) is 0.678. The lowest BCUT2D eigenvalue weighted by Gasteiger charge is -2.12. The number of benzene rings is 8. The fraction of sp³-hybridized carbons (Fsp3) is 0. The molecule has 12 aromatic rings. The molecule has 0 aliphatic heterocycles. The van der Waals surface area contributed by atoms with E-state index >= 15 is 0 Å². The molecule has 4 nitrogen and oxygen atoms in total. The summed E-state index contributed by atoms with van der Waals surface area (Å²) in [6.45, 7) is 0. The van der Waals surface area contributed by atoms with E-state index in [1.807, 2.05) is 47.9 Å². The van der Waals surface area contributed by atoms with Crippen molar-refractivity contribution < 1.29 is 4.42 Å². The number of fused-ring (bicyclic) bond motifs is 6. The van der Waals surface area contributed by atoms with Gasteiger partial charge in [-0.05, 0) is 75.3 Å². The summed E-state index contributed by atoms with van der Waals surface area (Å²) >= 11 is 1.85. The van der Waals surface area contributed by atoms with E-state index in [0.29, 0.717) is 5.82 Å². The third kappa shape index (κ3) is 6.26. The smallest absolute Gasteiger partial charge is 0.160 e. The first-order chi connectivity index (χ1) is 30.7. The van der Waals surface area contributed by atoms with Crippen molar-refractivity contribution in [3.63, 3.8) is 0 Å². The molecule has 62 heavy (non-hydrogen) atoms. The fourth-order valence-electron chi connectivity index (χ4n) is 8.78. The predicted octanol–water partition coefficient (Wildman–Crippen LogP) is 15.8. The molecule has 0 aliphatic rings. The molecule has 4 aromatic heterocycles. The Labute approximate surface area is 362 Å². The van der Waals surface area contributed by atoms with Crippen LogP contribution in [0.4, 0.5) is 0 Å². The summed E-state index contributed by atoms with van der Waals surface area (Å²) in [6, 6.07) is 70.5. The summed E-state index contributed by atoms with van der Waals surface area (Å²) in [7, 11) is 0. The van der Waals surface area contributed by atoms with Crippen LogP contribution in [0.3, 0.4) is 0 Å². The van der Waals surface area contributed by atoms with Gasteiger partial charge in [-0.1, -0.05) is 164 Å². The number of hydrogen-bond acceptors (Lipinski definition) is 5. The average Bonchev–Trinajstić information content (AvgIpc) is 3.94. The van der Waals surface area contributed by atoms with E-state index in [4.69, 9.17) is 14.4 Å². The Hall–Kier alpha value is -7.99. The van der Waals surface area contributed by atoms with Gasteiger partial charge >= 0.3 is 0 Å². The molecule has 0 bridgehead atoms. The number of pyridine rings is 1. The number of thiophene rings is 1. The second-order valence-electron chi connectivity index (χ2n) is 15.5. The van der Waals surface area contributed by atoms with Crippen molar-refractivity contribution >= 4 is 53.4 Å². The molecule has 0 aliphatic carbocycles. The molecule has 0 amide bonds. The molecule has 0 unspecified atom stereocenters. The van der Waals surface area contributed by atoms with Crippen molar-refractivity contribution in [3.8, 4) is 78.4 Å². The van der Waals surface area contributed by atoms with Gasteiger partial charge in [0.15, 0.2) is 5.82 Å². The minimum Gasteiger partial charge on any atom is -0.455 e. The van der Waals surface area contributed by atoms with Crippen LogP contribution in [-0.2, 0) is 0 Å². The summed E-state index contributed by atoms with van der Waals surface area (Å²) < 4.78 is 9.35. The van der Waals surface area contributed by atoms with Crippen molar-refractivity contribution in [2.75, 3.05) is 0 Å². The van der Waals surface area contributed by atoms with Crippen LogP contribution >= 0.6 is 11.3 Å². The molecule has 5 heteroatoms. The van der Waals surface area contributed by atoms with E-state index in [0.717, 1.165) is 83.4 Å². The zero-order chi connectivity index (χ0) is 41.0. The van der Waals surface area contributed by atoms with Gasteiger partial charge in [-0.15, -0.1) is 11.3 Å². The lowest BCUT2D eigenvalue weighted by Crippen LogP contribution is -1.96. The van der Waals surface area contributed by atoms with Gasteiger partial charge in [0.2, 0.25) is 0 Å². The maximum Gasteiger partial charge on any atom is 0.160 e. The van der Waals surface area contributed by atoms with Gasteiger partial charge in [-0.25, -0.2) is 9.97 Å². The Balaban J connectivity index is 0.922. The Morgan fingerprint density at radius 3 is 1.68 bits per heavy atom. The first kappa shape index (κ1) is 35.9. The van der Waals surface area contributed by atoms with Gasteiger partial charge < -0.3 is 4.42 Å². The van der Waals surface area contributed by atoms with E-state index < -0.39 is 0 Å². The van der Waals surface area contributed by atoms with E-state index in [2.05, 4.69) is 175 Å². The summed E-state index contributed by atoms with van der Waals surface area (Å²) in [4.78, 5) is 14.6. The van der Waals surface area contributed by atoms with Gasteiger partial charge in [0.25, 0.3) is 0 Å². The van der Waals surface area contributed by atoms with E-state index in [1.165, 1.54) is 31.3 Å². The predicted molar refractivity (Wildman–Crippen MR) is 258 cm³/mol. The Morgan fingerprint density at radius 1 is 0.371 bits per heavy atom. The van der Waals surface area contributed by atoms with E-state index in [1.54, 1.807) is 6.20 Å². The first-order valence-electron chi connectivity index (χ1n) is 20.7. The summed E-state index contributed by atoms with van der Waals surface area (Å²) in [6.07, 6.45) is 3.69. The molecule has 8 aromatic carbocycles. The average molecular weight is 810 g/mol. The minimum absolute atomic E-state index is 0.678. The molecule has 0 spiro atoms. The molecule has 0 saturated carbocycles. The normalized spacial score (nSPS) is 11.5. The first-order valence-corrected chi connectivity index (χ1v) is 21.5. The molecule has 0 fully saturated rings. The SMILES string of the molecule is c1ccc(-c2cc(-c3ccc(-c4ccc(-c5cccc6sc7ccccc7c56)c5c4oc4ccccc45)cc3)nc(-c3ccc(-c4ccc(-c5cccnc5)cc4)cc3)n2)cc1. The zero-order valence-electron chi connectivity index (χ0n) is 33.4. The van der Waals surface area contributed by atoms with Gasteiger partial charge in [-0.3, -0.25) is 4.98 Å². The molecule has 0 saturated heterocycles.